The Kier molecular flexibility index (Phi) is 9.65. The summed E-state index contributed by atoms with van der Waals surface area (Å²) in [5.74, 6) is 1.23. The summed E-state index contributed by atoms with van der Waals surface area (Å²) in [4.78, 5) is 19.8. The molecule has 2 aromatic carbocycles. The van der Waals surface area contributed by atoms with E-state index >= 15 is 0 Å². The lowest BCUT2D eigenvalue weighted by Gasteiger charge is -2.32. The number of benzene rings is 2. The fourth-order valence-electron chi connectivity index (χ4n) is 7.79. The number of rotatable bonds is 8. The summed E-state index contributed by atoms with van der Waals surface area (Å²) in [5, 5.41) is 0. The molecule has 0 unspecified atom stereocenters. The van der Waals surface area contributed by atoms with Gasteiger partial charge in [0.25, 0.3) is 0 Å². The summed E-state index contributed by atoms with van der Waals surface area (Å²) < 4.78 is 11.3. The lowest BCUT2D eigenvalue weighted by molar-refractivity contribution is 0.0339. The van der Waals surface area contributed by atoms with E-state index in [1.165, 1.54) is 86.5 Å². The van der Waals surface area contributed by atoms with E-state index in [-0.39, 0.29) is 5.78 Å². The molecular weight excluding hydrogens is 496 g/mol. The first kappa shape index (κ1) is 28.1. The second kappa shape index (κ2) is 13.7. The van der Waals surface area contributed by atoms with Crippen molar-refractivity contribution in [2.75, 3.05) is 52.6 Å². The second-order valence-corrected chi connectivity index (χ2v) is 12.5. The molecule has 216 valence electrons. The minimum atomic E-state index is 0.258. The van der Waals surface area contributed by atoms with Gasteiger partial charge in [-0.2, -0.15) is 0 Å². The molecule has 2 saturated heterocycles. The predicted octanol–water partition coefficient (Wildman–Crippen LogP) is 6.68. The SMILES string of the molecule is O=C(c1cccc(CN2CCOCC2)c1C1CCCCC1)c1cccc(CN2CCOCC2)c1C1CCCCC1. The third kappa shape index (κ3) is 6.54. The van der Waals surface area contributed by atoms with Crippen molar-refractivity contribution in [3.8, 4) is 0 Å². The average Bonchev–Trinajstić information content (AvgIpc) is 3.02. The Labute approximate surface area is 241 Å². The van der Waals surface area contributed by atoms with E-state index in [1.807, 2.05) is 0 Å². The molecule has 0 N–H and O–H groups in total. The monoisotopic (exact) mass is 544 g/mol. The normalized spacial score (nSPS) is 22.4. The lowest BCUT2D eigenvalue weighted by Crippen LogP contribution is -2.36. The Hall–Kier alpha value is -2.05. The molecule has 6 rings (SSSR count). The van der Waals surface area contributed by atoms with Crippen molar-refractivity contribution in [3.05, 3.63) is 69.8 Å². The van der Waals surface area contributed by atoms with E-state index in [9.17, 15) is 4.79 Å². The molecule has 2 aliphatic carbocycles. The van der Waals surface area contributed by atoms with E-state index in [2.05, 4.69) is 46.2 Å². The van der Waals surface area contributed by atoms with Crippen LogP contribution in [0.4, 0.5) is 0 Å². The first-order valence-electron chi connectivity index (χ1n) is 16.2. The van der Waals surface area contributed by atoms with Crippen molar-refractivity contribution in [3.63, 3.8) is 0 Å². The van der Waals surface area contributed by atoms with Crippen LogP contribution < -0.4 is 0 Å². The molecule has 0 amide bonds. The van der Waals surface area contributed by atoms with Crippen LogP contribution in [-0.2, 0) is 22.6 Å². The molecule has 0 bridgehead atoms. The minimum Gasteiger partial charge on any atom is -0.379 e. The van der Waals surface area contributed by atoms with Crippen LogP contribution in [0.25, 0.3) is 0 Å². The van der Waals surface area contributed by atoms with Crippen LogP contribution in [0.2, 0.25) is 0 Å². The van der Waals surface area contributed by atoms with Gasteiger partial charge >= 0.3 is 0 Å². The van der Waals surface area contributed by atoms with Crippen LogP contribution >= 0.6 is 0 Å². The lowest BCUT2D eigenvalue weighted by atomic mass is 9.75. The van der Waals surface area contributed by atoms with Gasteiger partial charge in [-0.1, -0.05) is 74.9 Å². The Morgan fingerprint density at radius 2 is 1.00 bits per heavy atom. The van der Waals surface area contributed by atoms with Gasteiger partial charge < -0.3 is 9.47 Å². The van der Waals surface area contributed by atoms with Crippen molar-refractivity contribution >= 4 is 5.78 Å². The Morgan fingerprint density at radius 3 is 1.40 bits per heavy atom. The van der Waals surface area contributed by atoms with Crippen LogP contribution in [-0.4, -0.2) is 68.2 Å². The smallest absolute Gasteiger partial charge is 0.193 e. The van der Waals surface area contributed by atoms with Crippen molar-refractivity contribution in [2.45, 2.75) is 89.1 Å². The van der Waals surface area contributed by atoms with Crippen molar-refractivity contribution < 1.29 is 14.3 Å². The maximum absolute atomic E-state index is 14.8. The summed E-state index contributed by atoms with van der Waals surface area (Å²) in [5.41, 5.74) is 7.38. The number of hydrogen-bond donors (Lipinski definition) is 0. The van der Waals surface area contributed by atoms with E-state index in [1.54, 1.807) is 0 Å². The van der Waals surface area contributed by atoms with Gasteiger partial charge in [0.05, 0.1) is 26.4 Å². The highest BCUT2D eigenvalue weighted by atomic mass is 16.5. The number of carbonyl (C=O) groups is 1. The zero-order valence-electron chi connectivity index (χ0n) is 24.4. The third-order valence-corrected chi connectivity index (χ3v) is 9.90. The molecule has 40 heavy (non-hydrogen) atoms. The molecule has 0 aromatic heterocycles. The fraction of sp³-hybridized carbons (Fsp3) is 0.629. The highest BCUT2D eigenvalue weighted by Gasteiger charge is 2.30. The van der Waals surface area contributed by atoms with Gasteiger partial charge in [-0.3, -0.25) is 14.6 Å². The summed E-state index contributed by atoms with van der Waals surface area (Å²) in [6, 6.07) is 13.2. The van der Waals surface area contributed by atoms with E-state index < -0.39 is 0 Å². The second-order valence-electron chi connectivity index (χ2n) is 12.5. The summed E-state index contributed by atoms with van der Waals surface area (Å²) in [6.07, 6.45) is 12.5. The van der Waals surface area contributed by atoms with Gasteiger partial charge in [0.1, 0.15) is 0 Å². The zero-order chi connectivity index (χ0) is 27.1. The van der Waals surface area contributed by atoms with E-state index in [0.29, 0.717) is 11.8 Å². The maximum Gasteiger partial charge on any atom is 0.193 e. The largest absolute Gasteiger partial charge is 0.379 e. The number of hydrogen-bond acceptors (Lipinski definition) is 5. The van der Waals surface area contributed by atoms with Gasteiger partial charge in [-0.05, 0) is 59.8 Å². The molecule has 4 aliphatic rings. The zero-order valence-corrected chi connectivity index (χ0v) is 24.4. The highest BCUT2D eigenvalue weighted by Crippen LogP contribution is 2.41. The standard InChI is InChI=1S/C35H48N2O3/c38-35(31-15-7-13-29(25-36-17-21-39-22-18-36)33(31)27-9-3-1-4-10-27)32-16-8-14-30(26-37-19-23-40-24-20-37)34(32)28-11-5-2-6-12-28/h7-8,13-16,27-28H,1-6,9-12,17-26H2. The molecule has 2 aliphatic heterocycles. The Bertz CT molecular complexity index is 1040. The number of nitrogens with zero attached hydrogens (tertiary/aromatic N) is 2. The molecule has 5 nitrogen and oxygen atoms in total. The number of ketones is 1. The molecule has 2 saturated carbocycles. The molecule has 0 radical (unpaired) electrons. The van der Waals surface area contributed by atoms with Gasteiger partial charge in [0.2, 0.25) is 0 Å². The van der Waals surface area contributed by atoms with Crippen LogP contribution in [0.5, 0.6) is 0 Å². The van der Waals surface area contributed by atoms with E-state index in [0.717, 1.165) is 76.8 Å². The van der Waals surface area contributed by atoms with Crippen molar-refractivity contribution in [1.82, 2.24) is 9.80 Å². The first-order valence-corrected chi connectivity index (χ1v) is 16.2. The van der Waals surface area contributed by atoms with Gasteiger partial charge in [-0.25, -0.2) is 0 Å². The summed E-state index contributed by atoms with van der Waals surface area (Å²) >= 11 is 0. The van der Waals surface area contributed by atoms with Gasteiger partial charge in [0.15, 0.2) is 5.78 Å². The van der Waals surface area contributed by atoms with Crippen molar-refractivity contribution in [1.29, 1.82) is 0 Å². The van der Waals surface area contributed by atoms with Crippen molar-refractivity contribution in [2.24, 2.45) is 0 Å². The fourth-order valence-corrected chi connectivity index (χ4v) is 7.79. The van der Waals surface area contributed by atoms with Crippen LogP contribution in [0.3, 0.4) is 0 Å². The maximum atomic E-state index is 14.8. The Morgan fingerprint density at radius 1 is 0.600 bits per heavy atom. The molecule has 5 heteroatoms. The summed E-state index contributed by atoms with van der Waals surface area (Å²) in [6.45, 7) is 8.93. The third-order valence-electron chi connectivity index (χ3n) is 9.90. The van der Waals surface area contributed by atoms with E-state index in [4.69, 9.17) is 9.47 Å². The van der Waals surface area contributed by atoms with Crippen LogP contribution in [0.15, 0.2) is 36.4 Å². The minimum absolute atomic E-state index is 0.258. The topological polar surface area (TPSA) is 42.0 Å². The summed E-state index contributed by atoms with van der Waals surface area (Å²) in [7, 11) is 0. The number of ether oxygens (including phenoxy) is 2. The molecule has 0 atom stereocenters. The highest BCUT2D eigenvalue weighted by molar-refractivity contribution is 6.11. The quantitative estimate of drug-likeness (QED) is 0.347. The van der Waals surface area contributed by atoms with Crippen LogP contribution in [0.1, 0.15) is 114 Å². The molecular formula is C35H48N2O3. The molecule has 2 aromatic rings. The molecule has 2 heterocycles. The van der Waals surface area contributed by atoms with Gasteiger partial charge in [-0.15, -0.1) is 0 Å². The van der Waals surface area contributed by atoms with Gasteiger partial charge in [0, 0.05) is 50.4 Å². The number of carbonyl (C=O) groups excluding carboxylic acids is 1. The number of morpholine rings is 2. The molecule has 4 fully saturated rings. The molecule has 0 spiro atoms. The first-order chi connectivity index (χ1) is 19.8. The van der Waals surface area contributed by atoms with Crippen LogP contribution in [0, 0.1) is 0 Å². The average molecular weight is 545 g/mol. The predicted molar refractivity (Wildman–Crippen MR) is 160 cm³/mol. The Balaban J connectivity index is 1.39.